The maximum atomic E-state index is 14.3. The summed E-state index contributed by atoms with van der Waals surface area (Å²) in [5.74, 6) is 0.432. The lowest BCUT2D eigenvalue weighted by atomic mass is 9.72. The monoisotopic (exact) mass is 515 g/mol. The highest BCUT2D eigenvalue weighted by Gasteiger charge is 2.42. The molecule has 1 aliphatic carbocycles. The van der Waals surface area contributed by atoms with Gasteiger partial charge in [0.2, 0.25) is 5.91 Å². The molecule has 2 aliphatic rings. The predicted molar refractivity (Wildman–Crippen MR) is 143 cm³/mol. The summed E-state index contributed by atoms with van der Waals surface area (Å²) in [7, 11) is 3.59. The van der Waals surface area contributed by atoms with Crippen molar-refractivity contribution in [1.82, 2.24) is 10.2 Å². The van der Waals surface area contributed by atoms with E-state index in [0.29, 0.717) is 61.9 Å². The number of hydrogen-bond acceptors (Lipinski definition) is 5. The van der Waals surface area contributed by atoms with E-state index in [2.05, 4.69) is 11.4 Å². The van der Waals surface area contributed by atoms with Crippen molar-refractivity contribution in [3.8, 4) is 6.07 Å². The van der Waals surface area contributed by atoms with Gasteiger partial charge in [0.15, 0.2) is 0 Å². The Bertz CT molecular complexity index is 899. The summed E-state index contributed by atoms with van der Waals surface area (Å²) in [6, 6.07) is 6.16. The van der Waals surface area contributed by atoms with Crippen molar-refractivity contribution in [2.75, 3.05) is 40.4 Å². The lowest BCUT2D eigenvalue weighted by molar-refractivity contribution is -0.138. The number of hydrogen-bond donors (Lipinski definition) is 2. The van der Waals surface area contributed by atoms with Crippen LogP contribution in [0, 0.1) is 34.9 Å². The number of nitrogens with one attached hydrogen (secondary N) is 1. The molecule has 1 heterocycles. The second-order valence-corrected chi connectivity index (χ2v) is 11.2. The van der Waals surface area contributed by atoms with Crippen LogP contribution in [0.25, 0.3) is 0 Å². The topological polar surface area (TPSA) is 85.6 Å². The molecule has 1 saturated heterocycles. The van der Waals surface area contributed by atoms with Gasteiger partial charge in [-0.1, -0.05) is 32.1 Å². The van der Waals surface area contributed by atoms with Crippen molar-refractivity contribution in [3.05, 3.63) is 35.1 Å². The fraction of sp³-hybridized carbons (Fsp3) is 0.733. The zero-order valence-electron chi connectivity index (χ0n) is 22.8. The molecule has 2 N–H and O–H groups in total. The van der Waals surface area contributed by atoms with Crippen LogP contribution in [0.4, 0.5) is 4.39 Å². The van der Waals surface area contributed by atoms with Crippen molar-refractivity contribution in [3.63, 3.8) is 0 Å². The molecule has 0 aromatic heterocycles. The number of halogens is 1. The molecule has 3 atom stereocenters. The van der Waals surface area contributed by atoms with Gasteiger partial charge in [-0.2, -0.15) is 5.26 Å². The summed E-state index contributed by atoms with van der Waals surface area (Å²) in [6.45, 7) is 2.51. The van der Waals surface area contributed by atoms with E-state index in [9.17, 15) is 19.6 Å². The number of aliphatic hydroxyl groups is 1. The third-order valence-corrected chi connectivity index (χ3v) is 8.52. The third-order valence-electron chi connectivity index (χ3n) is 8.52. The number of nitriles is 1. The molecule has 1 aromatic carbocycles. The Labute approximate surface area is 222 Å². The minimum atomic E-state index is -1.38. The number of likely N-dealkylation sites (tertiary alicyclic amines) is 1. The summed E-state index contributed by atoms with van der Waals surface area (Å²) in [4.78, 5) is 15.4. The van der Waals surface area contributed by atoms with Crippen LogP contribution in [0.2, 0.25) is 0 Å². The van der Waals surface area contributed by atoms with E-state index < -0.39 is 11.4 Å². The van der Waals surface area contributed by atoms with Gasteiger partial charge in [0, 0.05) is 44.7 Å². The number of carbonyl (C=O) groups excluding carboxylic acids is 1. The van der Waals surface area contributed by atoms with Gasteiger partial charge in [-0.25, -0.2) is 4.39 Å². The predicted octanol–water partition coefficient (Wildman–Crippen LogP) is 5.14. The lowest BCUT2D eigenvalue weighted by Crippen LogP contribution is -2.49. The largest absolute Gasteiger partial charge is 0.385 e. The minimum absolute atomic E-state index is 0.141. The Hall–Kier alpha value is -2.01. The Kier molecular flexibility index (Phi) is 11.8. The Morgan fingerprint density at radius 1 is 1.27 bits per heavy atom. The number of amides is 1. The van der Waals surface area contributed by atoms with E-state index in [1.165, 1.54) is 50.3 Å². The fourth-order valence-corrected chi connectivity index (χ4v) is 6.56. The van der Waals surface area contributed by atoms with Gasteiger partial charge in [-0.05, 0) is 82.2 Å². The molecule has 0 bridgehead atoms. The standard InChI is InChI=1S/C30H46FN3O3/c1-33-21-24(17-23-9-4-3-5-10-23)18-29(35)34-15-8-11-26(22-34)30(36,14-6-7-16-37-2)28-19-27(31)13-12-25(28)20-32/h12-13,19,23-24,26,33,36H,3-11,14-18,21-22H2,1-2H3/t24-,26-,30+/m1/s1. The maximum Gasteiger partial charge on any atom is 0.222 e. The van der Waals surface area contributed by atoms with Crippen molar-refractivity contribution < 1.29 is 19.0 Å². The molecule has 0 spiro atoms. The molecule has 1 amide bonds. The van der Waals surface area contributed by atoms with E-state index in [1.54, 1.807) is 7.11 Å². The number of carbonyl (C=O) groups is 1. The molecule has 1 saturated carbocycles. The molecule has 6 nitrogen and oxygen atoms in total. The smallest absolute Gasteiger partial charge is 0.222 e. The van der Waals surface area contributed by atoms with Gasteiger partial charge < -0.3 is 20.1 Å². The highest BCUT2D eigenvalue weighted by molar-refractivity contribution is 5.76. The average molecular weight is 516 g/mol. The first-order valence-electron chi connectivity index (χ1n) is 14.2. The van der Waals surface area contributed by atoms with Crippen LogP contribution in [0.5, 0.6) is 0 Å². The normalized spacial score (nSPS) is 21.3. The Balaban J connectivity index is 1.75. The van der Waals surface area contributed by atoms with Gasteiger partial charge >= 0.3 is 0 Å². The summed E-state index contributed by atoms with van der Waals surface area (Å²) < 4.78 is 19.5. The zero-order valence-corrected chi connectivity index (χ0v) is 22.8. The Morgan fingerprint density at radius 3 is 2.76 bits per heavy atom. The maximum absolute atomic E-state index is 14.3. The number of ether oxygens (including phenoxy) is 1. The van der Waals surface area contributed by atoms with E-state index in [0.717, 1.165) is 32.2 Å². The van der Waals surface area contributed by atoms with Crippen LogP contribution < -0.4 is 5.32 Å². The zero-order chi connectivity index (χ0) is 26.7. The van der Waals surface area contributed by atoms with Gasteiger partial charge in [-0.3, -0.25) is 4.79 Å². The van der Waals surface area contributed by atoms with Crippen LogP contribution in [0.3, 0.4) is 0 Å². The summed E-state index contributed by atoms with van der Waals surface area (Å²) >= 11 is 0. The first kappa shape index (κ1) is 29.5. The highest BCUT2D eigenvalue weighted by atomic mass is 19.1. The number of piperidine rings is 1. The summed E-state index contributed by atoms with van der Waals surface area (Å²) in [5, 5.41) is 25.1. The lowest BCUT2D eigenvalue weighted by Gasteiger charge is -2.43. The van der Waals surface area contributed by atoms with Crippen molar-refractivity contribution in [1.29, 1.82) is 5.26 Å². The second-order valence-electron chi connectivity index (χ2n) is 11.2. The first-order chi connectivity index (χ1) is 17.9. The van der Waals surface area contributed by atoms with Crippen LogP contribution in [-0.4, -0.2) is 56.3 Å². The number of unbranched alkanes of at least 4 members (excludes halogenated alkanes) is 1. The van der Waals surface area contributed by atoms with Crippen LogP contribution in [0.1, 0.15) is 88.2 Å². The van der Waals surface area contributed by atoms with E-state index in [1.807, 2.05) is 11.9 Å². The van der Waals surface area contributed by atoms with Crippen LogP contribution in [0.15, 0.2) is 18.2 Å². The molecule has 37 heavy (non-hydrogen) atoms. The van der Waals surface area contributed by atoms with Crippen LogP contribution >= 0.6 is 0 Å². The van der Waals surface area contributed by atoms with Gasteiger partial charge in [0.25, 0.3) is 0 Å². The van der Waals surface area contributed by atoms with Gasteiger partial charge in [0.05, 0.1) is 17.2 Å². The second kappa shape index (κ2) is 14.8. The quantitative estimate of drug-likeness (QED) is 0.356. The highest BCUT2D eigenvalue weighted by Crippen LogP contribution is 2.41. The molecular weight excluding hydrogens is 469 g/mol. The van der Waals surface area contributed by atoms with E-state index in [4.69, 9.17) is 4.74 Å². The van der Waals surface area contributed by atoms with Gasteiger partial charge in [0.1, 0.15) is 5.82 Å². The van der Waals surface area contributed by atoms with Crippen molar-refractivity contribution >= 4 is 5.91 Å². The molecule has 0 radical (unpaired) electrons. The van der Waals surface area contributed by atoms with Crippen molar-refractivity contribution in [2.24, 2.45) is 17.8 Å². The minimum Gasteiger partial charge on any atom is -0.385 e. The van der Waals surface area contributed by atoms with Crippen molar-refractivity contribution in [2.45, 2.75) is 82.7 Å². The summed E-state index contributed by atoms with van der Waals surface area (Å²) in [6.07, 6.45) is 11.4. The SMILES string of the molecule is CNC[C@@H](CC(=O)N1CCC[C@@H]([C@@](O)(CCCCOC)c2cc(F)ccc2C#N)C1)CC1CCCCC1. The van der Waals surface area contributed by atoms with E-state index in [-0.39, 0.29) is 11.8 Å². The number of nitrogens with zero attached hydrogens (tertiary/aromatic N) is 2. The fourth-order valence-electron chi connectivity index (χ4n) is 6.56. The number of rotatable bonds is 13. The molecule has 3 rings (SSSR count). The summed E-state index contributed by atoms with van der Waals surface area (Å²) in [5.41, 5.74) is -0.746. The van der Waals surface area contributed by atoms with Crippen LogP contribution in [-0.2, 0) is 15.1 Å². The van der Waals surface area contributed by atoms with E-state index >= 15 is 0 Å². The molecule has 7 heteroatoms. The third kappa shape index (κ3) is 8.24. The molecule has 1 aliphatic heterocycles. The molecule has 2 fully saturated rings. The molecular formula is C30H46FN3O3. The molecule has 206 valence electrons. The molecule has 0 unspecified atom stereocenters. The first-order valence-corrected chi connectivity index (χ1v) is 14.2. The Morgan fingerprint density at radius 2 is 2.05 bits per heavy atom. The van der Waals surface area contributed by atoms with Gasteiger partial charge in [-0.15, -0.1) is 0 Å². The molecule has 1 aromatic rings. The average Bonchev–Trinajstić information content (AvgIpc) is 2.91. The number of benzene rings is 1. The number of methoxy groups -OCH3 is 1.